The first-order chi connectivity index (χ1) is 18.5. The van der Waals surface area contributed by atoms with Crippen LogP contribution in [-0.2, 0) is 9.59 Å². The number of carbonyl (C=O) groups is 2. The molecule has 2 saturated heterocycles. The summed E-state index contributed by atoms with van der Waals surface area (Å²) in [7, 11) is 3.92. The molecule has 4 aromatic heterocycles. The average Bonchev–Trinajstić information content (AvgIpc) is 3.52. The zero-order chi connectivity index (χ0) is 26.2. The van der Waals surface area contributed by atoms with E-state index in [2.05, 4.69) is 26.2 Å². The molecule has 0 radical (unpaired) electrons. The van der Waals surface area contributed by atoms with Crippen molar-refractivity contribution in [3.05, 3.63) is 60.7 Å². The first kappa shape index (κ1) is 24.3. The smallest absolute Gasteiger partial charge is 0.246 e. The first-order valence-electron chi connectivity index (χ1n) is 13.1. The van der Waals surface area contributed by atoms with E-state index in [1.54, 1.807) is 21.8 Å². The first-order valence-corrected chi connectivity index (χ1v) is 13.1. The number of nitrogens with one attached hydrogen (secondary N) is 1. The molecule has 0 aliphatic carbocycles. The minimum atomic E-state index is -0.0853. The van der Waals surface area contributed by atoms with Crippen molar-refractivity contribution in [3.8, 4) is 11.1 Å². The Morgan fingerprint density at radius 2 is 1.89 bits per heavy atom. The highest BCUT2D eigenvalue weighted by molar-refractivity contribution is 5.97. The Kier molecular flexibility index (Phi) is 6.40. The summed E-state index contributed by atoms with van der Waals surface area (Å²) in [5.41, 5.74) is 5.08. The minimum absolute atomic E-state index is 0.0122. The summed E-state index contributed by atoms with van der Waals surface area (Å²) in [6.07, 6.45) is 10.7. The van der Waals surface area contributed by atoms with E-state index in [9.17, 15) is 9.59 Å². The van der Waals surface area contributed by atoms with Crippen LogP contribution in [0.3, 0.4) is 0 Å². The van der Waals surface area contributed by atoms with Gasteiger partial charge in [-0.1, -0.05) is 6.08 Å². The third-order valence-corrected chi connectivity index (χ3v) is 7.67. The quantitative estimate of drug-likeness (QED) is 0.399. The molecule has 6 rings (SSSR count). The molecule has 0 aromatic carbocycles. The molecular weight excluding hydrogens is 480 g/mol. The monoisotopic (exact) mass is 512 g/mol. The van der Waals surface area contributed by atoms with Gasteiger partial charge in [-0.05, 0) is 56.8 Å². The van der Waals surface area contributed by atoms with Crippen molar-refractivity contribution in [1.29, 1.82) is 0 Å². The van der Waals surface area contributed by atoms with Crippen LogP contribution in [0.2, 0.25) is 0 Å². The molecule has 2 aliphatic heterocycles. The second-order valence-corrected chi connectivity index (χ2v) is 10.5. The molecule has 1 N–H and O–H groups in total. The van der Waals surface area contributed by atoms with Crippen molar-refractivity contribution in [1.82, 2.24) is 39.5 Å². The van der Waals surface area contributed by atoms with Crippen LogP contribution in [0.5, 0.6) is 0 Å². The zero-order valence-electron chi connectivity index (χ0n) is 21.7. The number of hydrogen-bond acceptors (Lipinski definition) is 6. The summed E-state index contributed by atoms with van der Waals surface area (Å²) in [6.45, 7) is 3.21. The summed E-state index contributed by atoms with van der Waals surface area (Å²) >= 11 is 0. The molecule has 0 atom stereocenters. The Bertz CT molecular complexity index is 1510. The number of likely N-dealkylation sites (tertiary alicyclic amines) is 2. The highest BCUT2D eigenvalue weighted by Gasteiger charge is 2.38. The number of nitrogens with zero attached hydrogens (tertiary/aromatic N) is 7. The van der Waals surface area contributed by atoms with Gasteiger partial charge in [0.25, 0.3) is 0 Å². The molecule has 0 saturated carbocycles. The molecule has 2 fully saturated rings. The van der Waals surface area contributed by atoms with E-state index in [0.29, 0.717) is 19.0 Å². The fraction of sp³-hybridized carbons (Fsp3) is 0.393. The maximum absolute atomic E-state index is 13.1. The van der Waals surface area contributed by atoms with Crippen LogP contribution in [0.4, 0.5) is 0 Å². The van der Waals surface area contributed by atoms with Gasteiger partial charge in [-0.25, -0.2) is 4.98 Å². The van der Waals surface area contributed by atoms with E-state index in [4.69, 9.17) is 0 Å². The number of likely N-dealkylation sites (N-methyl/N-ethyl adjacent to an activating group) is 1. The average molecular weight is 513 g/mol. The minimum Gasteiger partial charge on any atom is -0.343 e. The summed E-state index contributed by atoms with van der Waals surface area (Å²) in [5.74, 6) is 0.416. The number of carbonyl (C=O) groups excluding carboxylic acids is 2. The topological polar surface area (TPSA) is 103 Å². The Balaban J connectivity index is 1.09. The number of pyridine rings is 1. The fourth-order valence-electron chi connectivity index (χ4n) is 5.50. The van der Waals surface area contributed by atoms with Crippen LogP contribution < -0.4 is 0 Å². The highest BCUT2D eigenvalue weighted by atomic mass is 16.2. The van der Waals surface area contributed by atoms with Crippen molar-refractivity contribution < 1.29 is 9.59 Å². The predicted molar refractivity (Wildman–Crippen MR) is 144 cm³/mol. The Morgan fingerprint density at radius 3 is 2.68 bits per heavy atom. The van der Waals surface area contributed by atoms with Gasteiger partial charge < -0.3 is 19.7 Å². The second-order valence-electron chi connectivity index (χ2n) is 10.5. The van der Waals surface area contributed by atoms with Gasteiger partial charge >= 0.3 is 0 Å². The molecule has 4 aromatic rings. The van der Waals surface area contributed by atoms with Crippen molar-refractivity contribution in [3.63, 3.8) is 0 Å². The third kappa shape index (κ3) is 4.56. The lowest BCUT2D eigenvalue weighted by atomic mass is 9.91. The van der Waals surface area contributed by atoms with Crippen molar-refractivity contribution >= 4 is 28.4 Å². The molecule has 0 spiro atoms. The lowest BCUT2D eigenvalue weighted by molar-refractivity contribution is -0.147. The Labute approximate surface area is 220 Å². The van der Waals surface area contributed by atoms with Gasteiger partial charge in [-0.3, -0.25) is 9.59 Å². The van der Waals surface area contributed by atoms with Crippen molar-refractivity contribution in [2.24, 2.45) is 5.92 Å². The van der Waals surface area contributed by atoms with Gasteiger partial charge in [-0.2, -0.15) is 14.8 Å². The van der Waals surface area contributed by atoms with E-state index >= 15 is 0 Å². The molecule has 10 nitrogen and oxygen atoms in total. The fourth-order valence-corrected chi connectivity index (χ4v) is 5.50. The van der Waals surface area contributed by atoms with Gasteiger partial charge in [-0.15, -0.1) is 0 Å². The molecule has 2 aliphatic rings. The van der Waals surface area contributed by atoms with E-state index in [1.165, 1.54) is 0 Å². The van der Waals surface area contributed by atoms with Gasteiger partial charge in [0.05, 0.1) is 17.6 Å². The van der Waals surface area contributed by atoms with E-state index in [1.807, 2.05) is 60.6 Å². The summed E-state index contributed by atoms with van der Waals surface area (Å²) < 4.78 is 1.64. The van der Waals surface area contributed by atoms with Crippen LogP contribution in [0, 0.1) is 5.92 Å². The Hall–Kier alpha value is -4.05. The van der Waals surface area contributed by atoms with Crippen molar-refractivity contribution in [2.75, 3.05) is 46.8 Å². The van der Waals surface area contributed by atoms with Crippen LogP contribution in [0.15, 0.2) is 55.0 Å². The molecule has 0 unspecified atom stereocenters. The standard InChI is InChI=1S/C28H32N8O2/c1-33(2)12-4-6-26(37)35-17-20(18-35)28(38)34-13-8-19(9-14-34)24-15-22-21(7-11-29-27(22)32-24)23-16-31-36-25(23)5-3-10-30-36/h3-7,10-11,15-16,19-20H,8-9,12-14,17-18H2,1-2H3,(H,29,32)/b6-4+. The number of hydrogen-bond donors (Lipinski definition) is 1. The summed E-state index contributed by atoms with van der Waals surface area (Å²) in [5, 5.41) is 9.75. The van der Waals surface area contributed by atoms with E-state index < -0.39 is 0 Å². The third-order valence-electron chi connectivity index (χ3n) is 7.67. The van der Waals surface area contributed by atoms with Crippen LogP contribution >= 0.6 is 0 Å². The normalized spacial score (nSPS) is 17.2. The molecule has 10 heteroatoms. The second kappa shape index (κ2) is 10.0. The maximum atomic E-state index is 13.1. The molecular formula is C28H32N8O2. The van der Waals surface area contributed by atoms with Gasteiger partial charge in [0, 0.05) is 73.8 Å². The van der Waals surface area contributed by atoms with Crippen LogP contribution in [0.25, 0.3) is 27.7 Å². The molecule has 38 heavy (non-hydrogen) atoms. The number of aromatic nitrogens is 5. The summed E-state index contributed by atoms with van der Waals surface area (Å²) in [4.78, 5) is 39.2. The number of H-pyrrole nitrogens is 1. The van der Waals surface area contributed by atoms with Gasteiger partial charge in [0.15, 0.2) is 0 Å². The summed E-state index contributed by atoms with van der Waals surface area (Å²) in [6, 6.07) is 8.16. The SMILES string of the molecule is CN(C)C/C=C/C(=O)N1CC(C(=O)N2CCC(c3cc4c(-c5cnn6ncccc56)ccnc4[nH]3)CC2)C1. The van der Waals surface area contributed by atoms with Crippen LogP contribution in [-0.4, -0.2) is 98.1 Å². The zero-order valence-corrected chi connectivity index (χ0v) is 21.7. The molecule has 6 heterocycles. The van der Waals surface area contributed by atoms with Gasteiger partial charge in [0.2, 0.25) is 11.8 Å². The highest BCUT2D eigenvalue weighted by Crippen LogP contribution is 2.35. The number of amides is 2. The van der Waals surface area contributed by atoms with E-state index in [0.717, 1.165) is 65.8 Å². The molecule has 2 amide bonds. The number of rotatable bonds is 6. The predicted octanol–water partition coefficient (Wildman–Crippen LogP) is 2.55. The maximum Gasteiger partial charge on any atom is 0.246 e. The number of piperidine rings is 1. The lowest BCUT2D eigenvalue weighted by Crippen LogP contribution is -2.56. The molecule has 196 valence electrons. The lowest BCUT2D eigenvalue weighted by Gasteiger charge is -2.41. The number of aromatic amines is 1. The van der Waals surface area contributed by atoms with E-state index in [-0.39, 0.29) is 17.7 Å². The largest absolute Gasteiger partial charge is 0.343 e. The molecule has 0 bridgehead atoms. The van der Waals surface area contributed by atoms with Crippen LogP contribution in [0.1, 0.15) is 24.5 Å². The number of fused-ring (bicyclic) bond motifs is 2. The van der Waals surface area contributed by atoms with Gasteiger partial charge in [0.1, 0.15) is 5.65 Å². The van der Waals surface area contributed by atoms with Crippen molar-refractivity contribution in [2.45, 2.75) is 18.8 Å². The Morgan fingerprint density at radius 1 is 1.08 bits per heavy atom.